The first kappa shape index (κ1) is 14.1. The van der Waals surface area contributed by atoms with Crippen LogP contribution in [-0.2, 0) is 11.0 Å². The molecule has 0 saturated heterocycles. The van der Waals surface area contributed by atoms with Crippen LogP contribution >= 0.6 is 0 Å². The Bertz CT molecular complexity index is 470. The summed E-state index contributed by atoms with van der Waals surface area (Å²) >= 11 is 0. The van der Waals surface area contributed by atoms with Gasteiger partial charge in [-0.3, -0.25) is 0 Å². The molecule has 0 amide bonds. The largest absolute Gasteiger partial charge is 0.234 e. The maximum atomic E-state index is 12.0. The number of benzene rings is 1. The molecule has 0 aliphatic rings. The summed E-state index contributed by atoms with van der Waals surface area (Å²) in [4.78, 5) is 0. The van der Waals surface area contributed by atoms with Gasteiger partial charge in [0.15, 0.2) is 0 Å². The van der Waals surface area contributed by atoms with Crippen molar-refractivity contribution < 1.29 is 4.21 Å². The van der Waals surface area contributed by atoms with Crippen LogP contribution in [0.2, 0.25) is 0 Å². The molecule has 1 atom stereocenters. The molecule has 0 unspecified atom stereocenters. The number of hydrogen-bond donors (Lipinski definition) is 0. The third kappa shape index (κ3) is 3.50. The van der Waals surface area contributed by atoms with Crippen molar-refractivity contribution in [3.63, 3.8) is 0 Å². The fourth-order valence-corrected chi connectivity index (χ4v) is 2.07. The SMILES string of the molecule is CC(=N[S@@](=O)C(C)(C)C)c1cccc(C)c1C. The average molecular weight is 251 g/mol. The second-order valence-corrected chi connectivity index (χ2v) is 7.19. The van der Waals surface area contributed by atoms with Crippen LogP contribution in [0.25, 0.3) is 0 Å². The molecule has 0 heterocycles. The number of rotatable bonds is 2. The summed E-state index contributed by atoms with van der Waals surface area (Å²) < 4.78 is 16.0. The van der Waals surface area contributed by atoms with E-state index in [0.29, 0.717) is 0 Å². The Balaban J connectivity index is 3.13. The maximum Gasteiger partial charge on any atom is 0.145 e. The smallest absolute Gasteiger partial charge is 0.145 e. The van der Waals surface area contributed by atoms with Crippen LogP contribution in [0.5, 0.6) is 0 Å². The zero-order valence-electron chi connectivity index (χ0n) is 11.5. The summed E-state index contributed by atoms with van der Waals surface area (Å²) in [5.74, 6) is 0. The van der Waals surface area contributed by atoms with E-state index in [0.717, 1.165) is 11.3 Å². The number of hydrogen-bond acceptors (Lipinski definition) is 1. The minimum Gasteiger partial charge on any atom is -0.234 e. The molecule has 2 nitrogen and oxygen atoms in total. The molecule has 1 aromatic rings. The number of nitrogens with zero attached hydrogens (tertiary/aromatic N) is 1. The fourth-order valence-electron chi connectivity index (χ4n) is 1.45. The van der Waals surface area contributed by atoms with Crippen molar-refractivity contribution >= 4 is 16.7 Å². The minimum absolute atomic E-state index is 0.307. The van der Waals surface area contributed by atoms with Crippen LogP contribution in [0.3, 0.4) is 0 Å². The van der Waals surface area contributed by atoms with Crippen LogP contribution in [0, 0.1) is 13.8 Å². The maximum absolute atomic E-state index is 12.0. The van der Waals surface area contributed by atoms with E-state index >= 15 is 0 Å². The molecule has 94 valence electrons. The van der Waals surface area contributed by atoms with Gasteiger partial charge in [-0.2, -0.15) is 4.40 Å². The van der Waals surface area contributed by atoms with E-state index in [4.69, 9.17) is 0 Å². The molecule has 0 spiro atoms. The summed E-state index contributed by atoms with van der Waals surface area (Å²) in [7, 11) is -1.19. The number of aryl methyl sites for hydroxylation is 1. The highest BCUT2D eigenvalue weighted by Crippen LogP contribution is 2.17. The van der Waals surface area contributed by atoms with Gasteiger partial charge >= 0.3 is 0 Å². The Morgan fingerprint density at radius 2 is 1.82 bits per heavy atom. The van der Waals surface area contributed by atoms with Crippen molar-refractivity contribution in [1.82, 2.24) is 0 Å². The third-order valence-electron chi connectivity index (χ3n) is 2.74. The lowest BCUT2D eigenvalue weighted by molar-refractivity contribution is 0.650. The zero-order valence-corrected chi connectivity index (χ0v) is 12.3. The molecule has 0 radical (unpaired) electrons. The standard InChI is InChI=1S/C14H21NOS/c1-10-8-7-9-13(11(10)2)12(3)15-17(16)14(4,5)6/h7-9H,1-6H3/t17-/m0/s1. The van der Waals surface area contributed by atoms with Gasteiger partial charge in [-0.25, -0.2) is 4.21 Å². The highest BCUT2D eigenvalue weighted by atomic mass is 32.2. The first-order chi connectivity index (χ1) is 7.73. The zero-order chi connectivity index (χ0) is 13.2. The average Bonchev–Trinajstić information content (AvgIpc) is 2.20. The molecule has 1 rings (SSSR count). The van der Waals surface area contributed by atoms with E-state index in [-0.39, 0.29) is 4.75 Å². The van der Waals surface area contributed by atoms with E-state index in [1.54, 1.807) is 0 Å². The van der Waals surface area contributed by atoms with Crippen molar-refractivity contribution in [3.05, 3.63) is 34.9 Å². The first-order valence-electron chi connectivity index (χ1n) is 5.77. The quantitative estimate of drug-likeness (QED) is 0.739. The fraction of sp³-hybridized carbons (Fsp3) is 0.500. The third-order valence-corrected chi connectivity index (χ3v) is 4.23. The molecule has 17 heavy (non-hydrogen) atoms. The van der Waals surface area contributed by atoms with Gasteiger partial charge in [-0.1, -0.05) is 18.2 Å². The molecule has 0 aliphatic heterocycles. The van der Waals surface area contributed by atoms with E-state index in [2.05, 4.69) is 24.3 Å². The molecule has 0 fully saturated rings. The van der Waals surface area contributed by atoms with Crippen molar-refractivity contribution in [1.29, 1.82) is 0 Å². The molecule has 3 heteroatoms. The van der Waals surface area contributed by atoms with E-state index in [9.17, 15) is 4.21 Å². The van der Waals surface area contributed by atoms with Gasteiger partial charge in [0, 0.05) is 0 Å². The summed E-state index contributed by atoms with van der Waals surface area (Å²) in [6.45, 7) is 11.9. The van der Waals surface area contributed by atoms with E-state index in [1.807, 2.05) is 39.8 Å². The second-order valence-electron chi connectivity index (χ2n) is 5.29. The van der Waals surface area contributed by atoms with Gasteiger partial charge in [-0.15, -0.1) is 0 Å². The van der Waals surface area contributed by atoms with Gasteiger partial charge in [0.1, 0.15) is 11.0 Å². The minimum atomic E-state index is -1.19. The Hall–Kier alpha value is -0.960. The van der Waals surface area contributed by atoms with Crippen LogP contribution < -0.4 is 0 Å². The monoisotopic (exact) mass is 251 g/mol. The van der Waals surface area contributed by atoms with Crippen LogP contribution in [0.1, 0.15) is 44.4 Å². The molecule has 1 aromatic carbocycles. The second kappa shape index (κ2) is 5.13. The lowest BCUT2D eigenvalue weighted by Gasteiger charge is -2.15. The molecule has 0 saturated carbocycles. The van der Waals surface area contributed by atoms with Gasteiger partial charge in [0.25, 0.3) is 0 Å². The Kier molecular flexibility index (Phi) is 4.26. The summed E-state index contributed by atoms with van der Waals surface area (Å²) in [6, 6.07) is 6.12. The van der Waals surface area contributed by atoms with Crippen LogP contribution in [-0.4, -0.2) is 14.7 Å². The van der Waals surface area contributed by atoms with Gasteiger partial charge < -0.3 is 0 Å². The highest BCUT2D eigenvalue weighted by molar-refractivity contribution is 7.85. The van der Waals surface area contributed by atoms with E-state index in [1.165, 1.54) is 11.1 Å². The van der Waals surface area contributed by atoms with Gasteiger partial charge in [0.05, 0.1) is 10.5 Å². The van der Waals surface area contributed by atoms with Crippen LogP contribution in [0.15, 0.2) is 22.6 Å². The highest BCUT2D eigenvalue weighted by Gasteiger charge is 2.19. The lowest BCUT2D eigenvalue weighted by Crippen LogP contribution is -2.20. The molecule has 0 N–H and O–H groups in total. The summed E-state index contributed by atoms with van der Waals surface area (Å²) in [6.07, 6.45) is 0. The topological polar surface area (TPSA) is 29.4 Å². The van der Waals surface area contributed by atoms with Crippen molar-refractivity contribution in [2.45, 2.75) is 46.3 Å². The van der Waals surface area contributed by atoms with Crippen LogP contribution in [0.4, 0.5) is 0 Å². The first-order valence-corrected chi connectivity index (χ1v) is 6.88. The Morgan fingerprint density at radius 1 is 1.24 bits per heavy atom. The summed E-state index contributed by atoms with van der Waals surface area (Å²) in [5, 5.41) is 0. The molecule has 0 bridgehead atoms. The molecule has 0 aliphatic carbocycles. The predicted molar refractivity (Wildman–Crippen MR) is 76.0 cm³/mol. The molecule has 0 aromatic heterocycles. The van der Waals surface area contributed by atoms with E-state index < -0.39 is 11.0 Å². The molecular weight excluding hydrogens is 230 g/mol. The Morgan fingerprint density at radius 3 is 2.35 bits per heavy atom. The van der Waals surface area contributed by atoms with Gasteiger partial charge in [0.2, 0.25) is 0 Å². The Labute approximate surface area is 107 Å². The predicted octanol–water partition coefficient (Wildman–Crippen LogP) is 3.57. The normalized spacial score (nSPS) is 14.8. The van der Waals surface area contributed by atoms with Crippen molar-refractivity contribution in [2.24, 2.45) is 4.40 Å². The lowest BCUT2D eigenvalue weighted by atomic mass is 10.0. The van der Waals surface area contributed by atoms with Gasteiger partial charge in [-0.05, 0) is 58.2 Å². The summed E-state index contributed by atoms with van der Waals surface area (Å²) in [5.41, 5.74) is 4.38. The molecular formula is C14H21NOS. The van der Waals surface area contributed by atoms with Crippen molar-refractivity contribution in [2.75, 3.05) is 0 Å². The van der Waals surface area contributed by atoms with Crippen molar-refractivity contribution in [3.8, 4) is 0 Å².